The van der Waals surface area contributed by atoms with Crippen LogP contribution in [0.25, 0.3) is 0 Å². The van der Waals surface area contributed by atoms with E-state index in [1.165, 1.54) is 0 Å². The van der Waals surface area contributed by atoms with Crippen LogP contribution in [0.3, 0.4) is 0 Å². The molecule has 1 N–H and O–H groups in total. The van der Waals surface area contributed by atoms with Gasteiger partial charge < -0.3 is 33.5 Å². The van der Waals surface area contributed by atoms with E-state index in [0.717, 1.165) is 11.1 Å². The Hall–Kier alpha value is -4.70. The fourth-order valence-electron chi connectivity index (χ4n) is 4.69. The van der Waals surface area contributed by atoms with Crippen LogP contribution in [0, 0.1) is 0 Å². The summed E-state index contributed by atoms with van der Waals surface area (Å²) >= 11 is 0. The van der Waals surface area contributed by atoms with Crippen molar-refractivity contribution in [3.63, 3.8) is 0 Å². The highest BCUT2D eigenvalue weighted by atomic mass is 16.7. The predicted molar refractivity (Wildman–Crippen MR) is 156 cm³/mol. The lowest BCUT2D eigenvalue weighted by atomic mass is 9.97. The lowest BCUT2D eigenvalue weighted by molar-refractivity contribution is -0.289. The zero-order chi connectivity index (χ0) is 30.0. The van der Waals surface area contributed by atoms with E-state index in [-0.39, 0.29) is 13.2 Å². The molecular formula is C34H32O9. The molecule has 5 rings (SSSR count). The number of carboxylic acids is 1. The number of rotatable bonds is 12. The molecule has 9 nitrogen and oxygen atoms in total. The Labute approximate surface area is 249 Å². The number of carbonyl (C=O) groups excluding carboxylic acids is 1. The minimum absolute atomic E-state index is 0.0766. The third kappa shape index (κ3) is 7.78. The van der Waals surface area contributed by atoms with Crippen molar-refractivity contribution in [1.82, 2.24) is 0 Å². The first kappa shape index (κ1) is 29.8. The number of hydrogen-bond acceptors (Lipinski definition) is 8. The monoisotopic (exact) mass is 584 g/mol. The average Bonchev–Trinajstić information content (AvgIpc) is 3.05. The molecule has 4 aromatic rings. The number of benzene rings is 4. The summed E-state index contributed by atoms with van der Waals surface area (Å²) in [5.74, 6) is -0.976. The molecule has 0 spiro atoms. The van der Waals surface area contributed by atoms with Gasteiger partial charge in [-0.15, -0.1) is 0 Å². The molecule has 1 saturated heterocycles. The molecule has 0 aliphatic carbocycles. The number of methoxy groups -OCH3 is 1. The van der Waals surface area contributed by atoms with Crippen molar-refractivity contribution in [2.45, 2.75) is 43.9 Å². The van der Waals surface area contributed by atoms with Gasteiger partial charge in [-0.2, -0.15) is 0 Å². The van der Waals surface area contributed by atoms with Gasteiger partial charge in [0.2, 0.25) is 6.29 Å². The predicted octanol–water partition coefficient (Wildman–Crippen LogP) is 5.28. The largest absolute Gasteiger partial charge is 0.497 e. The van der Waals surface area contributed by atoms with Crippen LogP contribution in [0.2, 0.25) is 0 Å². The normalized spacial score (nSPS) is 21.5. The van der Waals surface area contributed by atoms with Crippen LogP contribution in [-0.4, -0.2) is 54.9 Å². The van der Waals surface area contributed by atoms with Crippen LogP contribution >= 0.6 is 0 Å². The molecule has 5 atom stereocenters. The summed E-state index contributed by atoms with van der Waals surface area (Å²) in [4.78, 5) is 25.9. The summed E-state index contributed by atoms with van der Waals surface area (Å²) in [5, 5.41) is 10.3. The summed E-state index contributed by atoms with van der Waals surface area (Å²) in [7, 11) is 1.54. The van der Waals surface area contributed by atoms with Crippen molar-refractivity contribution in [2.24, 2.45) is 0 Å². The molecule has 9 heteroatoms. The number of esters is 1. The Balaban J connectivity index is 1.50. The van der Waals surface area contributed by atoms with E-state index in [2.05, 4.69) is 0 Å². The number of carboxylic acid groups (broad SMARTS) is 1. The second-order valence-electron chi connectivity index (χ2n) is 9.82. The Kier molecular flexibility index (Phi) is 10.0. The second kappa shape index (κ2) is 14.5. The van der Waals surface area contributed by atoms with Crippen LogP contribution in [0.1, 0.15) is 21.5 Å². The molecule has 1 heterocycles. The number of hydrogen-bond donors (Lipinski definition) is 1. The molecular weight excluding hydrogens is 552 g/mol. The van der Waals surface area contributed by atoms with Gasteiger partial charge >= 0.3 is 11.9 Å². The van der Waals surface area contributed by atoms with Crippen molar-refractivity contribution < 1.29 is 43.1 Å². The smallest absolute Gasteiger partial charge is 0.338 e. The highest BCUT2D eigenvalue weighted by Crippen LogP contribution is 2.32. The van der Waals surface area contributed by atoms with E-state index in [1.54, 1.807) is 61.7 Å². The van der Waals surface area contributed by atoms with Crippen molar-refractivity contribution in [3.8, 4) is 11.5 Å². The van der Waals surface area contributed by atoms with Gasteiger partial charge in [0.15, 0.2) is 12.2 Å². The zero-order valence-electron chi connectivity index (χ0n) is 23.5. The standard InChI is InChI=1S/C34H32O9/c1-38-26-17-19-27(20-18-26)41-34-31(42-33(37)25-15-9-4-10-16-25)29(40-22-24-13-7-3-8-14-24)28(30(43-34)32(35)36)39-21-23-11-5-2-6-12-23/h2-20,28-31,34H,21-22H2,1H3,(H,35,36)/t28-,29-,30-,31+,34+/m0/s1. The minimum Gasteiger partial charge on any atom is -0.497 e. The Morgan fingerprint density at radius 2 is 1.19 bits per heavy atom. The molecule has 0 bridgehead atoms. The summed E-state index contributed by atoms with van der Waals surface area (Å²) < 4.78 is 35.9. The maximum absolute atomic E-state index is 13.4. The van der Waals surface area contributed by atoms with Gasteiger partial charge in [0.1, 0.15) is 23.7 Å². The van der Waals surface area contributed by atoms with Crippen LogP contribution in [0.5, 0.6) is 11.5 Å². The van der Waals surface area contributed by atoms with Crippen molar-refractivity contribution in [2.75, 3.05) is 7.11 Å². The summed E-state index contributed by atoms with van der Waals surface area (Å²) in [5.41, 5.74) is 1.96. The molecule has 4 aromatic carbocycles. The zero-order valence-corrected chi connectivity index (χ0v) is 23.5. The maximum atomic E-state index is 13.4. The second-order valence-corrected chi connectivity index (χ2v) is 9.82. The Morgan fingerprint density at radius 1 is 0.674 bits per heavy atom. The summed E-state index contributed by atoms with van der Waals surface area (Å²) in [6, 6.07) is 33.8. The third-order valence-corrected chi connectivity index (χ3v) is 6.87. The van der Waals surface area contributed by atoms with Gasteiger partial charge in [0.25, 0.3) is 0 Å². The van der Waals surface area contributed by atoms with Gasteiger partial charge in [-0.25, -0.2) is 9.59 Å². The highest BCUT2D eigenvalue weighted by Gasteiger charge is 2.53. The maximum Gasteiger partial charge on any atom is 0.338 e. The summed E-state index contributed by atoms with van der Waals surface area (Å²) in [6.07, 6.45) is -6.31. The number of carbonyl (C=O) groups is 2. The van der Waals surface area contributed by atoms with Crippen LogP contribution in [0.4, 0.5) is 0 Å². The molecule has 0 radical (unpaired) electrons. The van der Waals surface area contributed by atoms with Crippen molar-refractivity contribution in [3.05, 3.63) is 132 Å². The quantitative estimate of drug-likeness (QED) is 0.223. The van der Waals surface area contributed by atoms with Crippen LogP contribution in [-0.2, 0) is 37.0 Å². The fourth-order valence-corrected chi connectivity index (χ4v) is 4.69. The van der Waals surface area contributed by atoms with Gasteiger partial charge in [0, 0.05) is 0 Å². The van der Waals surface area contributed by atoms with Crippen LogP contribution < -0.4 is 9.47 Å². The number of ether oxygens (including phenoxy) is 6. The Morgan fingerprint density at radius 3 is 1.72 bits per heavy atom. The lowest BCUT2D eigenvalue weighted by Gasteiger charge is -2.44. The van der Waals surface area contributed by atoms with Gasteiger partial charge in [-0.05, 0) is 47.5 Å². The molecule has 0 aromatic heterocycles. The van der Waals surface area contributed by atoms with E-state index in [4.69, 9.17) is 28.4 Å². The lowest BCUT2D eigenvalue weighted by Crippen LogP contribution is -2.63. The van der Waals surface area contributed by atoms with Gasteiger partial charge in [-0.3, -0.25) is 0 Å². The van der Waals surface area contributed by atoms with Gasteiger partial charge in [-0.1, -0.05) is 78.9 Å². The van der Waals surface area contributed by atoms with E-state index in [9.17, 15) is 14.7 Å². The highest BCUT2D eigenvalue weighted by molar-refractivity contribution is 5.89. The SMILES string of the molecule is COc1ccc(O[C@@H]2O[C@H](C(=O)O)[C@@H](OCc3ccccc3)[C@H](OCc3ccccc3)[C@H]2OC(=O)c2ccccc2)cc1. The molecule has 222 valence electrons. The summed E-state index contributed by atoms with van der Waals surface area (Å²) in [6.45, 7) is 0.172. The number of aliphatic carboxylic acids is 1. The van der Waals surface area contributed by atoms with E-state index in [1.807, 2.05) is 60.7 Å². The molecule has 1 fully saturated rings. The molecule has 1 aliphatic heterocycles. The molecule has 0 amide bonds. The van der Waals surface area contributed by atoms with Crippen molar-refractivity contribution in [1.29, 1.82) is 0 Å². The average molecular weight is 585 g/mol. The first-order chi connectivity index (χ1) is 21.0. The minimum atomic E-state index is -1.50. The van der Waals surface area contributed by atoms with Crippen molar-refractivity contribution >= 4 is 11.9 Å². The molecule has 43 heavy (non-hydrogen) atoms. The molecule has 1 aliphatic rings. The van der Waals surface area contributed by atoms with Gasteiger partial charge in [0.05, 0.1) is 25.9 Å². The first-order valence-electron chi connectivity index (χ1n) is 13.8. The Bertz CT molecular complexity index is 1450. The van der Waals surface area contributed by atoms with E-state index in [0.29, 0.717) is 17.1 Å². The van der Waals surface area contributed by atoms with Crippen LogP contribution in [0.15, 0.2) is 115 Å². The first-order valence-corrected chi connectivity index (χ1v) is 13.8. The molecule has 0 saturated carbocycles. The van der Waals surface area contributed by atoms with E-state index < -0.39 is 42.6 Å². The third-order valence-electron chi connectivity index (χ3n) is 6.87. The molecule has 0 unspecified atom stereocenters. The topological polar surface area (TPSA) is 110 Å². The fraction of sp³-hybridized carbons (Fsp3) is 0.235. The van der Waals surface area contributed by atoms with E-state index >= 15 is 0 Å².